The number of hydrogen-bond acceptors (Lipinski definition) is 4. The van der Waals surface area contributed by atoms with Crippen molar-refractivity contribution in [2.75, 3.05) is 7.05 Å². The summed E-state index contributed by atoms with van der Waals surface area (Å²) in [5.41, 5.74) is 2.12. The van der Waals surface area contributed by atoms with E-state index >= 15 is 0 Å². The van der Waals surface area contributed by atoms with Gasteiger partial charge in [0.2, 0.25) is 15.9 Å². The fraction of sp³-hybridized carbons (Fsp3) is 0.259. The van der Waals surface area contributed by atoms with E-state index in [1.165, 1.54) is 4.31 Å². The zero-order valence-corrected chi connectivity index (χ0v) is 21.0. The van der Waals surface area contributed by atoms with Crippen LogP contribution in [-0.2, 0) is 21.4 Å². The van der Waals surface area contributed by atoms with Crippen LogP contribution in [0.1, 0.15) is 47.8 Å². The van der Waals surface area contributed by atoms with Gasteiger partial charge in [0, 0.05) is 25.2 Å². The molecule has 0 radical (unpaired) electrons. The summed E-state index contributed by atoms with van der Waals surface area (Å²) in [6.45, 7) is 3.87. The lowest BCUT2D eigenvalue weighted by Gasteiger charge is -2.21. The van der Waals surface area contributed by atoms with Gasteiger partial charge in [-0.25, -0.2) is 8.42 Å². The molecule has 0 spiro atoms. The number of hydrogen-bond donors (Lipinski definition) is 2. The van der Waals surface area contributed by atoms with E-state index in [9.17, 15) is 18.0 Å². The molecule has 3 rings (SSSR count). The van der Waals surface area contributed by atoms with Gasteiger partial charge >= 0.3 is 0 Å². The molecule has 1 atom stereocenters. The summed E-state index contributed by atoms with van der Waals surface area (Å²) in [6, 6.07) is 24.0. The number of benzene rings is 3. The molecule has 0 fully saturated rings. The van der Waals surface area contributed by atoms with E-state index in [2.05, 4.69) is 10.6 Å². The second-order valence-electron chi connectivity index (χ2n) is 8.54. The van der Waals surface area contributed by atoms with Gasteiger partial charge in [-0.05, 0) is 49.2 Å². The van der Waals surface area contributed by atoms with Gasteiger partial charge in [0.1, 0.15) is 0 Å². The highest BCUT2D eigenvalue weighted by Crippen LogP contribution is 2.19. The maximum absolute atomic E-state index is 12.7. The van der Waals surface area contributed by atoms with E-state index in [1.807, 2.05) is 50.2 Å². The molecule has 0 aliphatic rings. The van der Waals surface area contributed by atoms with Crippen LogP contribution < -0.4 is 10.6 Å². The minimum absolute atomic E-state index is 0.0637. The van der Waals surface area contributed by atoms with Crippen LogP contribution in [0.2, 0.25) is 0 Å². The maximum atomic E-state index is 12.7. The molecule has 0 saturated carbocycles. The Kier molecular flexibility index (Phi) is 8.78. The quantitative estimate of drug-likeness (QED) is 0.448. The van der Waals surface area contributed by atoms with Gasteiger partial charge in [-0.2, -0.15) is 4.31 Å². The lowest BCUT2D eigenvalue weighted by Crippen LogP contribution is -2.33. The Hall–Kier alpha value is -3.49. The Bertz CT molecular complexity index is 1230. The molecule has 0 unspecified atom stereocenters. The molecule has 0 bridgehead atoms. The predicted octanol–water partition coefficient (Wildman–Crippen LogP) is 3.89. The van der Waals surface area contributed by atoms with Crippen molar-refractivity contribution in [3.05, 3.63) is 102 Å². The van der Waals surface area contributed by atoms with Gasteiger partial charge in [0.15, 0.2) is 0 Å². The fourth-order valence-corrected chi connectivity index (χ4v) is 4.82. The average molecular weight is 494 g/mol. The first-order valence-corrected chi connectivity index (χ1v) is 12.9. The van der Waals surface area contributed by atoms with Crippen molar-refractivity contribution in [2.45, 2.75) is 43.8 Å². The molecule has 0 aliphatic heterocycles. The number of nitrogens with one attached hydrogen (secondary N) is 2. The van der Waals surface area contributed by atoms with Crippen LogP contribution in [0.3, 0.4) is 0 Å². The highest BCUT2D eigenvalue weighted by Gasteiger charge is 2.23. The molecule has 3 aromatic carbocycles. The Balaban J connectivity index is 1.64. The van der Waals surface area contributed by atoms with Gasteiger partial charge in [-0.3, -0.25) is 9.59 Å². The summed E-state index contributed by atoms with van der Waals surface area (Å²) in [4.78, 5) is 25.6. The third-order valence-corrected chi connectivity index (χ3v) is 7.80. The van der Waals surface area contributed by atoms with Crippen LogP contribution in [0.5, 0.6) is 0 Å². The first-order valence-electron chi connectivity index (χ1n) is 11.4. The first kappa shape index (κ1) is 26.1. The van der Waals surface area contributed by atoms with Gasteiger partial charge in [-0.15, -0.1) is 0 Å². The summed E-state index contributed by atoms with van der Waals surface area (Å²) < 4.78 is 26.6. The number of sulfonamides is 1. The lowest BCUT2D eigenvalue weighted by atomic mass is 10.0. The standard InChI is InChI=1S/C27H31N3O4S/c1-20(2)30(3)35(33,34)24-16-14-21(15-17-24)19-28-26(31)18-25(22-10-6-4-7-11-22)29-27(32)23-12-8-5-9-13-23/h4-17,20,25H,18-19H2,1-3H3,(H,28,31)(H,29,32)/t25-/m1/s1. The minimum Gasteiger partial charge on any atom is -0.352 e. The highest BCUT2D eigenvalue weighted by atomic mass is 32.2. The van der Waals surface area contributed by atoms with E-state index in [4.69, 9.17) is 0 Å². The molecule has 0 aromatic heterocycles. The molecule has 3 aromatic rings. The van der Waals surface area contributed by atoms with Crippen molar-refractivity contribution >= 4 is 21.8 Å². The van der Waals surface area contributed by atoms with Crippen LogP contribution in [0.4, 0.5) is 0 Å². The van der Waals surface area contributed by atoms with Gasteiger partial charge in [-0.1, -0.05) is 60.7 Å². The molecule has 0 heterocycles. The molecular formula is C27H31N3O4S. The van der Waals surface area contributed by atoms with Crippen molar-refractivity contribution in [1.82, 2.24) is 14.9 Å². The summed E-state index contributed by atoms with van der Waals surface area (Å²) in [5.74, 6) is -0.487. The van der Waals surface area contributed by atoms with Crippen molar-refractivity contribution in [3.63, 3.8) is 0 Å². The zero-order chi connectivity index (χ0) is 25.4. The van der Waals surface area contributed by atoms with E-state index in [-0.39, 0.29) is 35.7 Å². The normalized spacial score (nSPS) is 12.4. The summed E-state index contributed by atoms with van der Waals surface area (Å²) >= 11 is 0. The largest absolute Gasteiger partial charge is 0.352 e. The summed E-state index contributed by atoms with van der Waals surface area (Å²) in [6.07, 6.45) is 0.0637. The molecule has 8 heteroatoms. The second-order valence-corrected chi connectivity index (χ2v) is 10.5. The summed E-state index contributed by atoms with van der Waals surface area (Å²) in [7, 11) is -2.01. The predicted molar refractivity (Wildman–Crippen MR) is 136 cm³/mol. The third-order valence-electron chi connectivity index (χ3n) is 5.75. The number of carbonyl (C=O) groups is 2. The highest BCUT2D eigenvalue weighted by molar-refractivity contribution is 7.89. The van der Waals surface area contributed by atoms with Crippen molar-refractivity contribution in [1.29, 1.82) is 0 Å². The Labute approximate surface area is 207 Å². The van der Waals surface area contributed by atoms with Crippen LogP contribution in [0, 0.1) is 0 Å². The third kappa shape index (κ3) is 7.00. The molecule has 2 amide bonds. The number of carbonyl (C=O) groups excluding carboxylic acids is 2. The molecule has 7 nitrogen and oxygen atoms in total. The van der Waals surface area contributed by atoms with E-state index in [1.54, 1.807) is 55.6 Å². The van der Waals surface area contributed by atoms with Gasteiger partial charge < -0.3 is 10.6 Å². The number of nitrogens with zero attached hydrogens (tertiary/aromatic N) is 1. The van der Waals surface area contributed by atoms with Gasteiger partial charge in [0.25, 0.3) is 5.91 Å². The SMILES string of the molecule is CC(C)N(C)S(=O)(=O)c1ccc(CNC(=O)C[C@@H](NC(=O)c2ccccc2)c2ccccc2)cc1. The number of rotatable bonds is 10. The van der Waals surface area contributed by atoms with Crippen molar-refractivity contribution in [2.24, 2.45) is 0 Å². The van der Waals surface area contributed by atoms with Gasteiger partial charge in [0.05, 0.1) is 17.4 Å². The average Bonchev–Trinajstić information content (AvgIpc) is 2.87. The van der Waals surface area contributed by atoms with E-state index < -0.39 is 16.1 Å². The Morgan fingerprint density at radius 2 is 1.43 bits per heavy atom. The minimum atomic E-state index is -3.56. The van der Waals surface area contributed by atoms with Crippen LogP contribution in [0.15, 0.2) is 89.8 Å². The van der Waals surface area contributed by atoms with Crippen molar-refractivity contribution in [3.8, 4) is 0 Å². The van der Waals surface area contributed by atoms with Crippen LogP contribution in [0.25, 0.3) is 0 Å². The molecule has 0 saturated heterocycles. The number of amides is 2. The second kappa shape index (κ2) is 11.8. The Morgan fingerprint density at radius 3 is 2.00 bits per heavy atom. The zero-order valence-electron chi connectivity index (χ0n) is 20.1. The molecule has 184 valence electrons. The molecule has 0 aliphatic carbocycles. The molecule has 2 N–H and O–H groups in total. The fourth-order valence-electron chi connectivity index (χ4n) is 3.45. The van der Waals surface area contributed by atoms with Crippen molar-refractivity contribution < 1.29 is 18.0 Å². The van der Waals surface area contributed by atoms with Crippen LogP contribution in [-0.4, -0.2) is 37.6 Å². The summed E-state index contributed by atoms with van der Waals surface area (Å²) in [5, 5.41) is 5.81. The maximum Gasteiger partial charge on any atom is 0.251 e. The first-order chi connectivity index (χ1) is 16.7. The van der Waals surface area contributed by atoms with E-state index in [0.29, 0.717) is 5.56 Å². The topological polar surface area (TPSA) is 95.6 Å². The monoisotopic (exact) mass is 493 g/mol. The lowest BCUT2D eigenvalue weighted by molar-refractivity contribution is -0.121. The molecular weight excluding hydrogens is 462 g/mol. The smallest absolute Gasteiger partial charge is 0.251 e. The Morgan fingerprint density at radius 1 is 0.857 bits per heavy atom. The van der Waals surface area contributed by atoms with Crippen LogP contribution >= 0.6 is 0 Å². The van der Waals surface area contributed by atoms with E-state index in [0.717, 1.165) is 11.1 Å². The molecule has 35 heavy (non-hydrogen) atoms.